The fraction of sp³-hybridized carbons (Fsp3) is 0.625. The van der Waals surface area contributed by atoms with Crippen molar-refractivity contribution >= 4 is 5.91 Å². The Kier molecular flexibility index (Phi) is 6.62. The van der Waals surface area contributed by atoms with E-state index in [1.54, 1.807) is 12.1 Å². The van der Waals surface area contributed by atoms with Crippen LogP contribution in [-0.4, -0.2) is 36.3 Å². The van der Waals surface area contributed by atoms with Gasteiger partial charge in [-0.25, -0.2) is 4.98 Å². The maximum atomic E-state index is 11.8. The van der Waals surface area contributed by atoms with Gasteiger partial charge in [-0.3, -0.25) is 4.79 Å². The van der Waals surface area contributed by atoms with E-state index in [-0.39, 0.29) is 11.5 Å². The Balaban J connectivity index is 2.38. The lowest BCUT2D eigenvalue weighted by Gasteiger charge is -2.19. The number of nitrogens with zero attached hydrogens (tertiary/aromatic N) is 1. The van der Waals surface area contributed by atoms with Gasteiger partial charge in [0.15, 0.2) is 0 Å². The van der Waals surface area contributed by atoms with Crippen LogP contribution in [0.4, 0.5) is 0 Å². The summed E-state index contributed by atoms with van der Waals surface area (Å²) < 4.78 is 11.0. The summed E-state index contributed by atoms with van der Waals surface area (Å²) in [5, 5.41) is 2.85. The zero-order valence-corrected chi connectivity index (χ0v) is 13.6. The molecule has 0 radical (unpaired) electrons. The molecule has 21 heavy (non-hydrogen) atoms. The maximum Gasteiger partial charge on any atom is 0.252 e. The third kappa shape index (κ3) is 7.66. The van der Waals surface area contributed by atoms with Crippen molar-refractivity contribution in [2.45, 2.75) is 40.2 Å². The van der Waals surface area contributed by atoms with E-state index in [2.05, 4.69) is 24.1 Å². The van der Waals surface area contributed by atoms with Crippen LogP contribution in [0.15, 0.2) is 18.3 Å². The van der Waals surface area contributed by atoms with E-state index in [0.29, 0.717) is 37.1 Å². The number of amides is 1. The molecule has 1 aromatic heterocycles. The normalized spacial score (nSPS) is 11.5. The van der Waals surface area contributed by atoms with Gasteiger partial charge in [-0.05, 0) is 32.8 Å². The highest BCUT2D eigenvalue weighted by Crippen LogP contribution is 2.09. The average molecular weight is 294 g/mol. The number of ether oxygens (including phenoxy) is 2. The summed E-state index contributed by atoms with van der Waals surface area (Å²) in [6.45, 7) is 11.7. The number of carbonyl (C=O) groups is 1. The molecule has 5 nitrogen and oxygen atoms in total. The van der Waals surface area contributed by atoms with E-state index in [1.807, 2.05) is 20.8 Å². The molecule has 5 heteroatoms. The molecule has 1 N–H and O–H groups in total. The molecule has 0 unspecified atom stereocenters. The van der Waals surface area contributed by atoms with Crippen LogP contribution < -0.4 is 10.1 Å². The van der Waals surface area contributed by atoms with E-state index >= 15 is 0 Å². The van der Waals surface area contributed by atoms with Gasteiger partial charge in [-0.2, -0.15) is 0 Å². The zero-order chi connectivity index (χ0) is 15.9. The highest BCUT2D eigenvalue weighted by molar-refractivity contribution is 5.93. The van der Waals surface area contributed by atoms with Crippen LogP contribution in [0.3, 0.4) is 0 Å². The van der Waals surface area contributed by atoms with E-state index in [1.165, 1.54) is 6.20 Å². The fourth-order valence-corrected chi connectivity index (χ4v) is 1.49. The Bertz CT molecular complexity index is 436. The van der Waals surface area contributed by atoms with Crippen LogP contribution in [0.1, 0.15) is 45.0 Å². The first kappa shape index (κ1) is 17.4. The summed E-state index contributed by atoms with van der Waals surface area (Å²) in [6.07, 6.45) is 1.52. The highest BCUT2D eigenvalue weighted by Gasteiger charge is 2.10. The molecule has 0 saturated heterocycles. The Morgan fingerprint density at radius 2 is 2.00 bits per heavy atom. The number of rotatable bonds is 7. The van der Waals surface area contributed by atoms with Crippen molar-refractivity contribution in [3.63, 3.8) is 0 Å². The van der Waals surface area contributed by atoms with E-state index < -0.39 is 0 Å². The van der Waals surface area contributed by atoms with Gasteiger partial charge < -0.3 is 14.8 Å². The molecule has 0 aliphatic rings. The Morgan fingerprint density at radius 1 is 1.29 bits per heavy atom. The number of nitrogens with one attached hydrogen (secondary N) is 1. The molecule has 1 aromatic rings. The minimum absolute atomic E-state index is 0.112. The third-order valence-corrected chi connectivity index (χ3v) is 2.54. The Hall–Kier alpha value is -1.62. The monoisotopic (exact) mass is 294 g/mol. The van der Waals surface area contributed by atoms with Crippen LogP contribution in [0.2, 0.25) is 0 Å². The average Bonchev–Trinajstić information content (AvgIpc) is 2.40. The van der Waals surface area contributed by atoms with Crippen molar-refractivity contribution in [2.24, 2.45) is 5.92 Å². The zero-order valence-electron chi connectivity index (χ0n) is 13.6. The minimum Gasteiger partial charge on any atom is -0.475 e. The second-order valence-electron chi connectivity index (χ2n) is 6.30. The first-order valence-corrected chi connectivity index (χ1v) is 7.29. The van der Waals surface area contributed by atoms with Crippen molar-refractivity contribution in [2.75, 3.05) is 19.8 Å². The Labute approximate surface area is 127 Å². The maximum absolute atomic E-state index is 11.8. The lowest BCUT2D eigenvalue weighted by Crippen LogP contribution is -2.27. The summed E-state index contributed by atoms with van der Waals surface area (Å²) in [6, 6.07) is 3.41. The smallest absolute Gasteiger partial charge is 0.252 e. The first-order chi connectivity index (χ1) is 9.78. The summed E-state index contributed by atoms with van der Waals surface area (Å²) in [7, 11) is 0. The summed E-state index contributed by atoms with van der Waals surface area (Å²) in [4.78, 5) is 15.9. The van der Waals surface area contributed by atoms with Gasteiger partial charge in [0.2, 0.25) is 5.88 Å². The molecule has 1 heterocycles. The summed E-state index contributed by atoms with van der Waals surface area (Å²) in [5.74, 6) is 0.805. The lowest BCUT2D eigenvalue weighted by atomic mass is 10.2. The van der Waals surface area contributed by atoms with E-state index in [4.69, 9.17) is 9.47 Å². The largest absolute Gasteiger partial charge is 0.475 e. The number of hydrogen-bond acceptors (Lipinski definition) is 4. The molecule has 118 valence electrons. The fourth-order valence-electron chi connectivity index (χ4n) is 1.49. The van der Waals surface area contributed by atoms with E-state index in [9.17, 15) is 4.79 Å². The molecule has 0 aliphatic carbocycles. The van der Waals surface area contributed by atoms with Gasteiger partial charge in [0.05, 0.1) is 17.8 Å². The topological polar surface area (TPSA) is 60.5 Å². The molecule has 0 aromatic carbocycles. The van der Waals surface area contributed by atoms with Crippen molar-refractivity contribution < 1.29 is 14.3 Å². The molecule has 0 atom stereocenters. The molecule has 0 spiro atoms. The van der Waals surface area contributed by atoms with Gasteiger partial charge in [0, 0.05) is 18.8 Å². The van der Waals surface area contributed by atoms with Crippen LogP contribution in [0, 0.1) is 5.92 Å². The SMILES string of the molecule is CC(C)CNC(=O)c1ccc(OCCOC(C)(C)C)nc1. The Morgan fingerprint density at radius 3 is 2.52 bits per heavy atom. The van der Waals surface area contributed by atoms with Crippen molar-refractivity contribution in [1.82, 2.24) is 10.3 Å². The van der Waals surface area contributed by atoms with Crippen LogP contribution in [0.25, 0.3) is 0 Å². The van der Waals surface area contributed by atoms with Crippen LogP contribution in [0.5, 0.6) is 5.88 Å². The summed E-state index contributed by atoms with van der Waals surface area (Å²) in [5.41, 5.74) is 0.365. The molecule has 1 amide bonds. The molecule has 0 aliphatic heterocycles. The third-order valence-electron chi connectivity index (χ3n) is 2.54. The number of hydrogen-bond donors (Lipinski definition) is 1. The molecular formula is C16H26N2O3. The second kappa shape index (κ2) is 7.98. The summed E-state index contributed by atoms with van der Waals surface area (Å²) >= 11 is 0. The van der Waals surface area contributed by atoms with Gasteiger partial charge in [-0.1, -0.05) is 13.8 Å². The van der Waals surface area contributed by atoms with Crippen molar-refractivity contribution in [3.8, 4) is 5.88 Å². The van der Waals surface area contributed by atoms with Gasteiger partial charge in [0.25, 0.3) is 5.91 Å². The number of pyridine rings is 1. The van der Waals surface area contributed by atoms with Gasteiger partial charge in [0.1, 0.15) is 6.61 Å². The van der Waals surface area contributed by atoms with Crippen LogP contribution >= 0.6 is 0 Å². The predicted molar refractivity (Wildman–Crippen MR) is 82.6 cm³/mol. The van der Waals surface area contributed by atoms with Crippen LogP contribution in [-0.2, 0) is 4.74 Å². The molecule has 0 fully saturated rings. The highest BCUT2D eigenvalue weighted by atomic mass is 16.5. The first-order valence-electron chi connectivity index (χ1n) is 7.29. The second-order valence-corrected chi connectivity index (χ2v) is 6.30. The minimum atomic E-state index is -0.171. The number of carbonyl (C=O) groups excluding carboxylic acids is 1. The number of aromatic nitrogens is 1. The molecule has 0 bridgehead atoms. The van der Waals surface area contributed by atoms with E-state index in [0.717, 1.165) is 0 Å². The molecule has 1 rings (SSSR count). The predicted octanol–water partition coefficient (Wildman–Crippen LogP) is 2.66. The lowest BCUT2D eigenvalue weighted by molar-refractivity contribution is -0.0168. The standard InChI is InChI=1S/C16H26N2O3/c1-12(2)10-18-15(19)13-6-7-14(17-11-13)20-8-9-21-16(3,4)5/h6-7,11-12H,8-10H2,1-5H3,(H,18,19). The molecular weight excluding hydrogens is 268 g/mol. The molecule has 0 saturated carbocycles. The van der Waals surface area contributed by atoms with Gasteiger partial charge in [-0.15, -0.1) is 0 Å². The quantitative estimate of drug-likeness (QED) is 0.785. The van der Waals surface area contributed by atoms with Crippen molar-refractivity contribution in [1.29, 1.82) is 0 Å². The van der Waals surface area contributed by atoms with Gasteiger partial charge >= 0.3 is 0 Å². The van der Waals surface area contributed by atoms with Crippen molar-refractivity contribution in [3.05, 3.63) is 23.9 Å².